The zero-order valence-corrected chi connectivity index (χ0v) is 19.1. The topological polar surface area (TPSA) is 44.1 Å². The highest BCUT2D eigenvalue weighted by atomic mass is 16.5. The number of hydrogen-bond acceptors (Lipinski definition) is 3. The molecule has 0 N–H and O–H groups in total. The fraction of sp³-hybridized carbons (Fsp3) is 0.241. The van der Waals surface area contributed by atoms with Crippen molar-refractivity contribution in [1.29, 1.82) is 0 Å². The van der Waals surface area contributed by atoms with Crippen LogP contribution in [0.3, 0.4) is 0 Å². The maximum absolute atomic E-state index is 11.6. The third kappa shape index (κ3) is 5.58. The van der Waals surface area contributed by atoms with Crippen LogP contribution in [0.25, 0.3) is 33.6 Å². The van der Waals surface area contributed by atoms with Crippen LogP contribution in [0.1, 0.15) is 32.6 Å². The van der Waals surface area contributed by atoms with Crippen LogP contribution < -0.4 is 0 Å². The summed E-state index contributed by atoms with van der Waals surface area (Å²) < 4.78 is 7.19. The average molecular weight is 439 g/mol. The second-order valence-electron chi connectivity index (χ2n) is 8.01. The number of esters is 1. The molecule has 0 radical (unpaired) electrons. The molecule has 4 rings (SSSR count). The summed E-state index contributed by atoms with van der Waals surface area (Å²) in [7, 11) is 0. The SMILES string of the molecule is CCOC(=O)CCCCCn1nc(-c2ccccc2)c(-c2ccccc2)c1-c1ccccc1. The summed E-state index contributed by atoms with van der Waals surface area (Å²) in [5.41, 5.74) is 6.69. The van der Waals surface area contributed by atoms with Gasteiger partial charge < -0.3 is 4.74 Å². The van der Waals surface area contributed by atoms with Crippen LogP contribution in [-0.4, -0.2) is 22.4 Å². The summed E-state index contributed by atoms with van der Waals surface area (Å²) >= 11 is 0. The second-order valence-corrected chi connectivity index (χ2v) is 8.01. The molecule has 1 heterocycles. The van der Waals surface area contributed by atoms with E-state index in [0.29, 0.717) is 13.0 Å². The van der Waals surface area contributed by atoms with Gasteiger partial charge in [0.2, 0.25) is 0 Å². The van der Waals surface area contributed by atoms with Crippen LogP contribution in [0.4, 0.5) is 0 Å². The fourth-order valence-corrected chi connectivity index (χ4v) is 4.13. The lowest BCUT2D eigenvalue weighted by atomic mass is 9.96. The Bertz CT molecular complexity index is 1150. The molecule has 0 aliphatic heterocycles. The Kier molecular flexibility index (Phi) is 7.70. The van der Waals surface area contributed by atoms with Gasteiger partial charge in [0.05, 0.1) is 12.3 Å². The molecule has 0 spiro atoms. The highest BCUT2D eigenvalue weighted by Gasteiger charge is 2.21. The van der Waals surface area contributed by atoms with Crippen molar-refractivity contribution in [2.45, 2.75) is 39.2 Å². The first-order valence-corrected chi connectivity index (χ1v) is 11.7. The molecule has 4 heteroatoms. The summed E-state index contributed by atoms with van der Waals surface area (Å²) in [5.74, 6) is -0.112. The molecule has 0 fully saturated rings. The summed E-state index contributed by atoms with van der Waals surface area (Å²) in [4.78, 5) is 11.6. The number of benzene rings is 3. The van der Waals surface area contributed by atoms with Gasteiger partial charge in [0.15, 0.2) is 0 Å². The minimum atomic E-state index is -0.112. The molecular formula is C29H30N2O2. The molecule has 4 aromatic rings. The molecule has 0 unspecified atom stereocenters. The van der Waals surface area contributed by atoms with Crippen LogP contribution in [0.15, 0.2) is 91.0 Å². The van der Waals surface area contributed by atoms with Crippen molar-refractivity contribution >= 4 is 5.97 Å². The van der Waals surface area contributed by atoms with Crippen molar-refractivity contribution in [3.8, 4) is 33.6 Å². The third-order valence-electron chi connectivity index (χ3n) is 5.67. The van der Waals surface area contributed by atoms with Crippen LogP contribution in [0, 0.1) is 0 Å². The number of nitrogens with zero attached hydrogens (tertiary/aromatic N) is 2. The minimum absolute atomic E-state index is 0.112. The number of aromatic nitrogens is 2. The molecule has 0 aliphatic carbocycles. The van der Waals surface area contributed by atoms with Crippen molar-refractivity contribution < 1.29 is 9.53 Å². The number of unbranched alkanes of at least 4 members (excludes halogenated alkanes) is 2. The van der Waals surface area contributed by atoms with E-state index in [1.54, 1.807) is 0 Å². The summed E-state index contributed by atoms with van der Waals surface area (Å²) in [6.45, 7) is 3.08. The van der Waals surface area contributed by atoms with E-state index in [2.05, 4.69) is 77.5 Å². The second kappa shape index (κ2) is 11.3. The molecule has 33 heavy (non-hydrogen) atoms. The Morgan fingerprint density at radius 3 is 1.94 bits per heavy atom. The third-order valence-corrected chi connectivity index (χ3v) is 5.67. The van der Waals surface area contributed by atoms with Gasteiger partial charge in [-0.2, -0.15) is 5.10 Å². The van der Waals surface area contributed by atoms with Gasteiger partial charge in [-0.05, 0) is 25.3 Å². The zero-order chi connectivity index (χ0) is 22.9. The number of hydrogen-bond donors (Lipinski definition) is 0. The van der Waals surface area contributed by atoms with E-state index in [9.17, 15) is 4.79 Å². The standard InChI is InChI=1S/C29H30N2O2/c1-2-33-26(32)21-13-6-14-22-31-29(25-19-11-5-12-20-25)27(23-15-7-3-8-16-23)28(30-31)24-17-9-4-10-18-24/h3-5,7-12,15-20H,2,6,13-14,21-22H2,1H3. The van der Waals surface area contributed by atoms with Crippen LogP contribution in [0.2, 0.25) is 0 Å². The minimum Gasteiger partial charge on any atom is -0.466 e. The largest absolute Gasteiger partial charge is 0.466 e. The molecule has 0 amide bonds. The first-order chi connectivity index (χ1) is 16.3. The number of ether oxygens (including phenoxy) is 1. The van der Waals surface area contributed by atoms with E-state index < -0.39 is 0 Å². The molecule has 168 valence electrons. The van der Waals surface area contributed by atoms with E-state index in [4.69, 9.17) is 9.84 Å². The summed E-state index contributed by atoms with van der Waals surface area (Å²) in [5, 5.41) is 5.12. The van der Waals surface area contributed by atoms with E-state index in [-0.39, 0.29) is 5.97 Å². The van der Waals surface area contributed by atoms with Gasteiger partial charge >= 0.3 is 5.97 Å². The Morgan fingerprint density at radius 2 is 1.33 bits per heavy atom. The van der Waals surface area contributed by atoms with Gasteiger partial charge in [0, 0.05) is 29.7 Å². The average Bonchev–Trinajstić information content (AvgIpc) is 3.25. The van der Waals surface area contributed by atoms with Gasteiger partial charge in [-0.15, -0.1) is 0 Å². The van der Waals surface area contributed by atoms with E-state index in [1.807, 2.05) is 25.1 Å². The molecule has 0 saturated heterocycles. The predicted molar refractivity (Wildman–Crippen MR) is 134 cm³/mol. The Hall–Kier alpha value is -3.66. The van der Waals surface area contributed by atoms with E-state index in [0.717, 1.165) is 59.4 Å². The molecule has 0 saturated carbocycles. The highest BCUT2D eigenvalue weighted by Crippen LogP contribution is 2.40. The van der Waals surface area contributed by atoms with Crippen molar-refractivity contribution in [3.63, 3.8) is 0 Å². The van der Waals surface area contributed by atoms with Crippen LogP contribution >= 0.6 is 0 Å². The zero-order valence-electron chi connectivity index (χ0n) is 19.1. The maximum Gasteiger partial charge on any atom is 0.305 e. The fourth-order valence-electron chi connectivity index (χ4n) is 4.13. The molecule has 0 bridgehead atoms. The van der Waals surface area contributed by atoms with Crippen molar-refractivity contribution in [2.24, 2.45) is 0 Å². The lowest BCUT2D eigenvalue weighted by molar-refractivity contribution is -0.143. The Morgan fingerprint density at radius 1 is 0.758 bits per heavy atom. The number of rotatable bonds is 10. The number of carbonyl (C=O) groups is 1. The smallest absolute Gasteiger partial charge is 0.305 e. The van der Waals surface area contributed by atoms with E-state index in [1.165, 1.54) is 0 Å². The molecule has 0 atom stereocenters. The molecule has 4 nitrogen and oxygen atoms in total. The van der Waals surface area contributed by atoms with Gasteiger partial charge in [-0.3, -0.25) is 9.48 Å². The first-order valence-electron chi connectivity index (χ1n) is 11.7. The number of aryl methyl sites for hydroxylation is 1. The molecule has 3 aromatic carbocycles. The number of carbonyl (C=O) groups excluding carboxylic acids is 1. The Labute approximate surface area is 195 Å². The monoisotopic (exact) mass is 438 g/mol. The maximum atomic E-state index is 11.6. The quantitative estimate of drug-likeness (QED) is 0.198. The molecule has 0 aliphatic rings. The van der Waals surface area contributed by atoms with E-state index >= 15 is 0 Å². The van der Waals surface area contributed by atoms with Gasteiger partial charge in [0.1, 0.15) is 5.69 Å². The highest BCUT2D eigenvalue weighted by molar-refractivity contribution is 5.91. The van der Waals surface area contributed by atoms with Crippen molar-refractivity contribution in [1.82, 2.24) is 9.78 Å². The van der Waals surface area contributed by atoms with Gasteiger partial charge in [0.25, 0.3) is 0 Å². The lowest BCUT2D eigenvalue weighted by Crippen LogP contribution is -2.05. The predicted octanol–water partition coefficient (Wildman–Crippen LogP) is 7.01. The van der Waals surface area contributed by atoms with Crippen LogP contribution in [-0.2, 0) is 16.1 Å². The van der Waals surface area contributed by atoms with Crippen molar-refractivity contribution in [3.05, 3.63) is 91.0 Å². The summed E-state index contributed by atoms with van der Waals surface area (Å²) in [6, 6.07) is 31.4. The molecular weight excluding hydrogens is 408 g/mol. The lowest BCUT2D eigenvalue weighted by Gasteiger charge is -2.11. The molecule has 1 aromatic heterocycles. The van der Waals surface area contributed by atoms with Gasteiger partial charge in [-0.1, -0.05) is 97.4 Å². The van der Waals surface area contributed by atoms with Crippen molar-refractivity contribution in [2.75, 3.05) is 6.61 Å². The normalized spacial score (nSPS) is 10.8. The first kappa shape index (κ1) is 22.5. The van der Waals surface area contributed by atoms with Gasteiger partial charge in [-0.25, -0.2) is 0 Å². The summed E-state index contributed by atoms with van der Waals surface area (Å²) in [6.07, 6.45) is 3.21. The van der Waals surface area contributed by atoms with Crippen LogP contribution in [0.5, 0.6) is 0 Å². The Balaban J connectivity index is 1.70.